The number of benzene rings is 9. The lowest BCUT2D eigenvalue weighted by Gasteiger charge is -2.13. The van der Waals surface area contributed by atoms with E-state index in [9.17, 15) is 12.3 Å². The molecule has 256 valence electrons. The van der Waals surface area contributed by atoms with Gasteiger partial charge in [0.1, 0.15) is 11.2 Å². The van der Waals surface area contributed by atoms with Crippen LogP contribution in [-0.4, -0.2) is 15.0 Å². The first kappa shape index (κ1) is 17.6. The zero-order valence-corrected chi connectivity index (χ0v) is 28.2. The Labute approximate surface area is 343 Å². The van der Waals surface area contributed by atoms with Crippen LogP contribution in [0.3, 0.4) is 0 Å². The van der Waals surface area contributed by atoms with Gasteiger partial charge in [-0.3, -0.25) is 0 Å². The minimum atomic E-state index is -0.936. The van der Waals surface area contributed by atoms with Gasteiger partial charge < -0.3 is 4.42 Å². The van der Waals surface area contributed by atoms with Crippen molar-refractivity contribution in [2.45, 2.75) is 0 Å². The van der Waals surface area contributed by atoms with Crippen LogP contribution in [0.2, 0.25) is 0 Å². The molecule has 0 atom stereocenters. The Bertz CT molecular complexity index is 4330. The van der Waals surface area contributed by atoms with E-state index < -0.39 is 175 Å². The van der Waals surface area contributed by atoms with Gasteiger partial charge in [-0.25, -0.2) is 15.0 Å². The lowest BCUT2D eigenvalue weighted by atomic mass is 9.91. The summed E-state index contributed by atoms with van der Waals surface area (Å²) in [5.74, 6) is -0.140. The minimum Gasteiger partial charge on any atom is -0.456 e. The fourth-order valence-electron chi connectivity index (χ4n) is 6.65. The molecule has 0 radical (unpaired) electrons. The van der Waals surface area contributed by atoms with Crippen molar-refractivity contribution in [1.29, 1.82) is 0 Å². The highest BCUT2D eigenvalue weighted by molar-refractivity contribution is 6.25. The van der Waals surface area contributed by atoms with Crippen LogP contribution in [0.15, 0.2) is 192 Å². The summed E-state index contributed by atoms with van der Waals surface area (Å²) in [6.07, 6.45) is 0. The Morgan fingerprint density at radius 2 is 0.836 bits per heavy atom. The quantitative estimate of drug-likeness (QED) is 0.166. The summed E-state index contributed by atoms with van der Waals surface area (Å²) in [7, 11) is 0. The molecular formula is C51H31N3O. The molecule has 2 aromatic heterocycles. The third-order valence-corrected chi connectivity index (χ3v) is 9.21. The van der Waals surface area contributed by atoms with Gasteiger partial charge in [-0.15, -0.1) is 0 Å². The van der Waals surface area contributed by atoms with Crippen molar-refractivity contribution >= 4 is 54.3 Å². The van der Waals surface area contributed by atoms with Gasteiger partial charge in [0.2, 0.25) is 0 Å². The number of aromatic nitrogens is 3. The van der Waals surface area contributed by atoms with E-state index in [0.717, 1.165) is 10.8 Å². The second-order valence-corrected chi connectivity index (χ2v) is 12.5. The summed E-state index contributed by atoms with van der Waals surface area (Å²) in [6, 6.07) is 5.98. The first-order valence-corrected chi connectivity index (χ1v) is 17.0. The Morgan fingerprint density at radius 1 is 0.327 bits per heavy atom. The lowest BCUT2D eigenvalue weighted by Crippen LogP contribution is -2.00. The third-order valence-electron chi connectivity index (χ3n) is 9.21. The monoisotopic (exact) mass is 720 g/mol. The molecule has 0 bridgehead atoms. The van der Waals surface area contributed by atoms with Crippen molar-refractivity contribution in [3.05, 3.63) is 188 Å². The molecular weight excluding hydrogens is 671 g/mol. The van der Waals surface area contributed by atoms with E-state index in [1.54, 1.807) is 48.5 Å². The number of furan rings is 1. The topological polar surface area (TPSA) is 51.8 Å². The summed E-state index contributed by atoms with van der Waals surface area (Å²) in [5.41, 5.74) is -1.05. The fraction of sp³-hybridized carbons (Fsp3) is 0. The summed E-state index contributed by atoms with van der Waals surface area (Å²) in [6.45, 7) is 0. The second-order valence-electron chi connectivity index (χ2n) is 12.5. The molecule has 11 aromatic rings. The predicted octanol–water partition coefficient (Wildman–Crippen LogP) is 13.6. The Hall–Kier alpha value is -7.43. The van der Waals surface area contributed by atoms with Crippen LogP contribution in [0.1, 0.15) is 26.0 Å². The molecule has 0 amide bonds. The number of fused-ring (bicyclic) bond motifs is 9. The maximum Gasteiger partial charge on any atom is 0.164 e. The van der Waals surface area contributed by atoms with Gasteiger partial charge in [0.15, 0.2) is 17.5 Å². The molecule has 0 aliphatic carbocycles. The molecule has 4 nitrogen and oxygen atoms in total. The Morgan fingerprint density at radius 3 is 1.53 bits per heavy atom. The van der Waals surface area contributed by atoms with Crippen molar-refractivity contribution < 1.29 is 30.5 Å². The van der Waals surface area contributed by atoms with Gasteiger partial charge in [-0.2, -0.15) is 0 Å². The summed E-state index contributed by atoms with van der Waals surface area (Å²) >= 11 is 0. The van der Waals surface area contributed by atoms with E-state index in [4.69, 9.17) is 28.1 Å². The van der Waals surface area contributed by atoms with Crippen molar-refractivity contribution in [1.82, 2.24) is 15.0 Å². The standard InChI is InChI=1S/C51H31N3O/c1-2-12-32(13-3-1)49-52-50(54-51(53-49)38-25-27-48-46(31-38)44-22-8-9-23-47(44)55-48)37-17-11-16-35(29-37)33-14-10-15-34(28-33)36-24-26-43-41-20-5-4-18-39(41)40-19-6-7-21-42(40)45(43)30-36/h1-31H/i4D,5D,6D,7D,10D,11D,14D,15D,16D,17D,18D,19D,20D,21D,24D,26D,28D,29D,30D. The van der Waals surface area contributed by atoms with Crippen LogP contribution < -0.4 is 0 Å². The smallest absolute Gasteiger partial charge is 0.164 e. The average Bonchev–Trinajstić information content (AvgIpc) is 3.78. The highest BCUT2D eigenvalue weighted by Crippen LogP contribution is 2.38. The Kier molecular flexibility index (Phi) is 4.03. The van der Waals surface area contributed by atoms with Gasteiger partial charge in [0.25, 0.3) is 0 Å². The highest BCUT2D eigenvalue weighted by Gasteiger charge is 2.16. The van der Waals surface area contributed by atoms with Gasteiger partial charge in [0, 0.05) is 27.5 Å². The largest absolute Gasteiger partial charge is 0.456 e. The molecule has 0 saturated carbocycles. The molecule has 55 heavy (non-hydrogen) atoms. The molecule has 11 rings (SSSR count). The van der Waals surface area contributed by atoms with Gasteiger partial charge >= 0.3 is 0 Å². The summed E-state index contributed by atoms with van der Waals surface area (Å²) < 4.78 is 179. The second kappa shape index (κ2) is 12.6. The minimum absolute atomic E-state index is 0.0775. The number of hydrogen-bond donors (Lipinski definition) is 0. The number of nitrogens with zero attached hydrogens (tertiary/aromatic N) is 3. The molecule has 0 N–H and O–H groups in total. The number of para-hydroxylation sites is 1. The van der Waals surface area contributed by atoms with Crippen LogP contribution in [0, 0.1) is 0 Å². The predicted molar refractivity (Wildman–Crippen MR) is 227 cm³/mol. The summed E-state index contributed by atoms with van der Waals surface area (Å²) in [5, 5.41) is -1.15. The van der Waals surface area contributed by atoms with E-state index >= 15 is 0 Å². The molecule has 2 heterocycles. The maximum atomic E-state index is 9.75. The van der Waals surface area contributed by atoms with Gasteiger partial charge in [-0.1, -0.05) is 145 Å². The van der Waals surface area contributed by atoms with Crippen molar-refractivity contribution in [2.75, 3.05) is 0 Å². The first-order chi connectivity index (χ1) is 35.2. The molecule has 0 spiro atoms. The molecule has 0 fully saturated rings. The van der Waals surface area contributed by atoms with Crippen LogP contribution in [0.4, 0.5) is 0 Å². The zero-order chi connectivity index (χ0) is 52.8. The molecule has 0 saturated heterocycles. The fourth-order valence-corrected chi connectivity index (χ4v) is 6.65. The molecule has 0 aliphatic heterocycles. The van der Waals surface area contributed by atoms with Crippen LogP contribution >= 0.6 is 0 Å². The lowest BCUT2D eigenvalue weighted by molar-refractivity contribution is 0.669. The van der Waals surface area contributed by atoms with Gasteiger partial charge in [-0.05, 0) is 97.0 Å². The van der Waals surface area contributed by atoms with Crippen molar-refractivity contribution in [3.8, 4) is 56.4 Å². The zero-order valence-electron chi connectivity index (χ0n) is 47.2. The molecule has 0 unspecified atom stereocenters. The van der Waals surface area contributed by atoms with E-state index in [-0.39, 0.29) is 17.5 Å². The molecule has 9 aromatic carbocycles. The van der Waals surface area contributed by atoms with E-state index in [2.05, 4.69) is 4.98 Å². The van der Waals surface area contributed by atoms with E-state index in [1.807, 2.05) is 24.3 Å². The van der Waals surface area contributed by atoms with E-state index in [0.29, 0.717) is 22.3 Å². The Balaban J connectivity index is 1.21. The third kappa shape index (κ3) is 5.34. The van der Waals surface area contributed by atoms with Gasteiger partial charge in [0.05, 0.1) is 26.0 Å². The SMILES string of the molecule is [2H]c1c([2H])c(-c2nc(-c3ccccc3)nc(-c3ccc4oc5ccccc5c4c3)n2)c([2H])c(-c2c([2H])c([2H])c([2H])c(-c3c([2H])c([2H])c4c5c([2H])c([2H])c([2H])c([2H])c5c5c([2H])c([2H])c([2H])c([2H])c5c4c3[2H])c2[2H])c1[2H]. The van der Waals surface area contributed by atoms with Crippen molar-refractivity contribution in [2.24, 2.45) is 0 Å². The first-order valence-electron chi connectivity index (χ1n) is 26.5. The van der Waals surface area contributed by atoms with Crippen LogP contribution in [-0.2, 0) is 0 Å². The highest BCUT2D eigenvalue weighted by atomic mass is 16.3. The normalized spacial score (nSPS) is 16.5. The average molecular weight is 721 g/mol. The number of rotatable bonds is 5. The molecule has 4 heteroatoms. The van der Waals surface area contributed by atoms with Crippen LogP contribution in [0.5, 0.6) is 0 Å². The summed E-state index contributed by atoms with van der Waals surface area (Å²) in [4.78, 5) is 14.2. The number of hydrogen-bond acceptors (Lipinski definition) is 4. The molecule has 0 aliphatic rings. The van der Waals surface area contributed by atoms with E-state index in [1.165, 1.54) is 0 Å². The van der Waals surface area contributed by atoms with Crippen molar-refractivity contribution in [3.63, 3.8) is 0 Å². The maximum absolute atomic E-state index is 9.75. The van der Waals surface area contributed by atoms with Crippen LogP contribution in [0.25, 0.3) is 111 Å².